The summed E-state index contributed by atoms with van der Waals surface area (Å²) < 4.78 is 27.7. The van der Waals surface area contributed by atoms with Crippen molar-refractivity contribution in [3.63, 3.8) is 0 Å². The molecule has 1 amide bonds. The first-order valence-corrected chi connectivity index (χ1v) is 9.91. The van der Waals surface area contributed by atoms with Crippen LogP contribution in [0, 0.1) is 13.8 Å². The van der Waals surface area contributed by atoms with E-state index >= 15 is 0 Å². The fourth-order valence-corrected chi connectivity index (χ4v) is 3.87. The van der Waals surface area contributed by atoms with Gasteiger partial charge in [0.2, 0.25) is 0 Å². The molecule has 0 aromatic heterocycles. The molecule has 27 heavy (non-hydrogen) atoms. The number of anilines is 2. The molecule has 3 rings (SSSR count). The molecule has 0 atom stereocenters. The van der Waals surface area contributed by atoms with Crippen molar-refractivity contribution in [2.45, 2.75) is 18.7 Å². The molecule has 0 saturated heterocycles. The normalized spacial score (nSPS) is 11.0. The SMILES string of the molecule is Cc1cccc(C)c1NC(=O)c1ccccc1NS(=O)(=O)c1ccccc1. The highest BCUT2D eigenvalue weighted by Crippen LogP contribution is 2.24. The lowest BCUT2D eigenvalue weighted by atomic mass is 10.1. The predicted molar refractivity (Wildman–Crippen MR) is 108 cm³/mol. The van der Waals surface area contributed by atoms with Gasteiger partial charge in [-0.3, -0.25) is 9.52 Å². The highest BCUT2D eigenvalue weighted by atomic mass is 32.2. The van der Waals surface area contributed by atoms with Gasteiger partial charge in [0.25, 0.3) is 15.9 Å². The van der Waals surface area contributed by atoms with Crippen LogP contribution in [-0.2, 0) is 10.0 Å². The molecule has 0 unspecified atom stereocenters. The molecule has 0 spiro atoms. The number of para-hydroxylation sites is 2. The number of amides is 1. The predicted octanol–water partition coefficient (Wildman–Crippen LogP) is 4.36. The van der Waals surface area contributed by atoms with E-state index in [1.807, 2.05) is 32.0 Å². The van der Waals surface area contributed by atoms with Crippen LogP contribution in [-0.4, -0.2) is 14.3 Å². The number of carbonyl (C=O) groups is 1. The summed E-state index contributed by atoms with van der Waals surface area (Å²) >= 11 is 0. The number of hydrogen-bond donors (Lipinski definition) is 2. The van der Waals surface area contributed by atoms with Gasteiger partial charge in [-0.1, -0.05) is 48.5 Å². The van der Waals surface area contributed by atoms with Gasteiger partial charge in [-0.25, -0.2) is 8.42 Å². The molecule has 0 bridgehead atoms. The summed E-state index contributed by atoms with van der Waals surface area (Å²) in [6.45, 7) is 3.82. The largest absolute Gasteiger partial charge is 0.321 e. The molecular weight excluding hydrogens is 360 g/mol. The summed E-state index contributed by atoms with van der Waals surface area (Å²) in [5, 5.41) is 2.89. The zero-order chi connectivity index (χ0) is 19.4. The quantitative estimate of drug-likeness (QED) is 0.691. The number of nitrogens with one attached hydrogen (secondary N) is 2. The van der Waals surface area contributed by atoms with Crippen LogP contribution in [0.4, 0.5) is 11.4 Å². The van der Waals surface area contributed by atoms with Crippen LogP contribution < -0.4 is 10.0 Å². The van der Waals surface area contributed by atoms with Crippen molar-refractivity contribution < 1.29 is 13.2 Å². The zero-order valence-electron chi connectivity index (χ0n) is 15.1. The first kappa shape index (κ1) is 18.7. The van der Waals surface area contributed by atoms with Crippen molar-refractivity contribution >= 4 is 27.3 Å². The Morgan fingerprint density at radius 3 is 2.04 bits per heavy atom. The minimum absolute atomic E-state index is 0.134. The van der Waals surface area contributed by atoms with Crippen molar-refractivity contribution in [1.82, 2.24) is 0 Å². The molecule has 0 radical (unpaired) electrons. The summed E-state index contributed by atoms with van der Waals surface area (Å²) in [7, 11) is -3.79. The lowest BCUT2D eigenvalue weighted by molar-refractivity contribution is 0.102. The van der Waals surface area contributed by atoms with Crippen LogP contribution in [0.2, 0.25) is 0 Å². The smallest absolute Gasteiger partial charge is 0.261 e. The van der Waals surface area contributed by atoms with Crippen LogP contribution in [0.3, 0.4) is 0 Å². The van der Waals surface area contributed by atoms with Crippen molar-refractivity contribution in [2.24, 2.45) is 0 Å². The topological polar surface area (TPSA) is 75.3 Å². The van der Waals surface area contributed by atoms with Crippen molar-refractivity contribution in [2.75, 3.05) is 10.0 Å². The van der Waals surface area contributed by atoms with Gasteiger partial charge in [-0.05, 0) is 49.2 Å². The molecule has 5 nitrogen and oxygen atoms in total. The third-order valence-corrected chi connectivity index (χ3v) is 5.57. The average Bonchev–Trinajstić information content (AvgIpc) is 2.65. The Kier molecular flexibility index (Phi) is 5.28. The van der Waals surface area contributed by atoms with Crippen LogP contribution in [0.25, 0.3) is 0 Å². The number of rotatable bonds is 5. The van der Waals surface area contributed by atoms with Crippen LogP contribution in [0.1, 0.15) is 21.5 Å². The highest BCUT2D eigenvalue weighted by molar-refractivity contribution is 7.92. The van der Waals surface area contributed by atoms with Gasteiger partial charge in [-0.2, -0.15) is 0 Å². The fourth-order valence-electron chi connectivity index (χ4n) is 2.77. The van der Waals surface area contributed by atoms with Crippen molar-refractivity contribution in [3.05, 3.63) is 89.5 Å². The lowest BCUT2D eigenvalue weighted by Crippen LogP contribution is -2.19. The minimum Gasteiger partial charge on any atom is -0.321 e. The maximum Gasteiger partial charge on any atom is 0.261 e. The second kappa shape index (κ2) is 7.63. The van der Waals surface area contributed by atoms with Crippen LogP contribution in [0.15, 0.2) is 77.7 Å². The second-order valence-electron chi connectivity index (χ2n) is 6.19. The monoisotopic (exact) mass is 380 g/mol. The molecule has 0 fully saturated rings. The Labute approximate surface area is 159 Å². The maximum absolute atomic E-state index is 12.8. The highest BCUT2D eigenvalue weighted by Gasteiger charge is 2.19. The summed E-state index contributed by atoms with van der Waals surface area (Å²) in [4.78, 5) is 12.9. The number of carbonyl (C=O) groups excluding carboxylic acids is 1. The Balaban J connectivity index is 1.91. The molecule has 6 heteroatoms. The van der Waals surface area contributed by atoms with Crippen LogP contribution >= 0.6 is 0 Å². The van der Waals surface area contributed by atoms with Crippen molar-refractivity contribution in [3.8, 4) is 0 Å². The van der Waals surface area contributed by atoms with Crippen molar-refractivity contribution in [1.29, 1.82) is 0 Å². The van der Waals surface area contributed by atoms with Gasteiger partial charge in [-0.15, -0.1) is 0 Å². The van der Waals surface area contributed by atoms with E-state index in [4.69, 9.17) is 0 Å². The summed E-state index contributed by atoms with van der Waals surface area (Å²) in [5.74, 6) is -0.376. The van der Waals surface area contributed by atoms with E-state index in [0.29, 0.717) is 0 Å². The van der Waals surface area contributed by atoms with E-state index < -0.39 is 10.0 Å². The average molecular weight is 380 g/mol. The van der Waals surface area contributed by atoms with Gasteiger partial charge in [0.1, 0.15) is 0 Å². The van der Waals surface area contributed by atoms with E-state index in [1.54, 1.807) is 42.5 Å². The molecule has 0 aliphatic heterocycles. The lowest BCUT2D eigenvalue weighted by Gasteiger charge is -2.15. The van der Waals surface area contributed by atoms with Gasteiger partial charge >= 0.3 is 0 Å². The molecule has 3 aromatic carbocycles. The van der Waals surface area contributed by atoms with E-state index in [-0.39, 0.29) is 22.1 Å². The van der Waals surface area contributed by atoms with Crippen LogP contribution in [0.5, 0.6) is 0 Å². The Morgan fingerprint density at radius 2 is 1.37 bits per heavy atom. The van der Waals surface area contributed by atoms with Gasteiger partial charge < -0.3 is 5.32 Å². The second-order valence-corrected chi connectivity index (χ2v) is 7.87. The van der Waals surface area contributed by atoms with Gasteiger partial charge in [0.05, 0.1) is 16.1 Å². The molecular formula is C21H20N2O3S. The molecule has 0 heterocycles. The Bertz CT molecular complexity index is 1060. The van der Waals surface area contributed by atoms with E-state index in [9.17, 15) is 13.2 Å². The third kappa shape index (κ3) is 4.17. The van der Waals surface area contributed by atoms with Gasteiger partial charge in [0, 0.05) is 5.69 Å². The Hall–Kier alpha value is -3.12. The summed E-state index contributed by atoms with van der Waals surface area (Å²) in [6.07, 6.45) is 0. The molecule has 0 aliphatic carbocycles. The molecule has 138 valence electrons. The summed E-state index contributed by atoms with van der Waals surface area (Å²) in [6, 6.07) is 20.3. The first-order valence-electron chi connectivity index (χ1n) is 8.43. The number of aryl methyl sites for hydroxylation is 2. The van der Waals surface area contributed by atoms with E-state index in [1.165, 1.54) is 12.1 Å². The third-order valence-electron chi connectivity index (χ3n) is 4.19. The molecule has 0 aliphatic rings. The van der Waals surface area contributed by atoms with Gasteiger partial charge in [0.15, 0.2) is 0 Å². The molecule has 0 saturated carbocycles. The number of sulfonamides is 1. The standard InChI is InChI=1S/C21H20N2O3S/c1-15-9-8-10-16(2)20(15)22-21(24)18-13-6-7-14-19(18)23-27(25,26)17-11-4-3-5-12-17/h3-14,23H,1-2H3,(H,22,24). The Morgan fingerprint density at radius 1 is 0.778 bits per heavy atom. The maximum atomic E-state index is 12.8. The van der Waals surface area contributed by atoms with E-state index in [2.05, 4.69) is 10.0 Å². The fraction of sp³-hybridized carbons (Fsp3) is 0.0952. The molecule has 3 aromatic rings. The minimum atomic E-state index is -3.79. The molecule has 2 N–H and O–H groups in total. The first-order chi connectivity index (χ1) is 12.9. The summed E-state index contributed by atoms with van der Waals surface area (Å²) in [5.41, 5.74) is 3.07. The number of benzene rings is 3. The zero-order valence-corrected chi connectivity index (χ0v) is 15.9. The van der Waals surface area contributed by atoms with E-state index in [0.717, 1.165) is 16.8 Å². The number of hydrogen-bond acceptors (Lipinski definition) is 3.